The minimum absolute atomic E-state index is 0.0608. The molecule has 26 heavy (non-hydrogen) atoms. The van der Waals surface area contributed by atoms with E-state index in [1.807, 2.05) is 20.8 Å². The maximum atomic E-state index is 11.1. The summed E-state index contributed by atoms with van der Waals surface area (Å²) in [5, 5.41) is 19.7. The van der Waals surface area contributed by atoms with Gasteiger partial charge in [0.25, 0.3) is 0 Å². The monoisotopic (exact) mass is 366 g/mol. The molecule has 0 unspecified atom stereocenters. The second kappa shape index (κ2) is 11.7. The number of phenols is 1. The third-order valence-corrected chi connectivity index (χ3v) is 4.70. The SMILES string of the molecule is CCCCCCCCOc1c(CC)c(CC)c(CC)c(O)c1OC(=O)O. The smallest absolute Gasteiger partial charge is 0.504 e. The molecule has 0 aliphatic heterocycles. The predicted octanol–water partition coefficient (Wildman–Crippen LogP) is 5.88. The Kier molecular flexibility index (Phi) is 9.92. The van der Waals surface area contributed by atoms with Crippen LogP contribution in [0.4, 0.5) is 4.79 Å². The zero-order chi connectivity index (χ0) is 19.5. The van der Waals surface area contributed by atoms with E-state index in [0.29, 0.717) is 25.2 Å². The largest absolute Gasteiger partial charge is 0.511 e. The summed E-state index contributed by atoms with van der Waals surface area (Å²) < 4.78 is 10.9. The molecule has 0 aromatic heterocycles. The quantitative estimate of drug-likeness (QED) is 0.275. The Hall–Kier alpha value is -1.91. The fraction of sp³-hybridized carbons (Fsp3) is 0.667. The van der Waals surface area contributed by atoms with E-state index >= 15 is 0 Å². The van der Waals surface area contributed by atoms with Crippen molar-refractivity contribution in [3.63, 3.8) is 0 Å². The van der Waals surface area contributed by atoms with Crippen LogP contribution in [0.1, 0.15) is 82.9 Å². The van der Waals surface area contributed by atoms with Crippen LogP contribution in [0, 0.1) is 0 Å². The van der Waals surface area contributed by atoms with E-state index in [0.717, 1.165) is 36.0 Å². The highest BCUT2D eigenvalue weighted by molar-refractivity contribution is 5.70. The average Bonchev–Trinajstić information content (AvgIpc) is 2.62. The van der Waals surface area contributed by atoms with Gasteiger partial charge < -0.3 is 19.7 Å². The topological polar surface area (TPSA) is 76.0 Å². The van der Waals surface area contributed by atoms with Gasteiger partial charge in [-0.3, -0.25) is 0 Å². The molecule has 0 spiro atoms. The first-order valence-electron chi connectivity index (χ1n) is 9.94. The lowest BCUT2D eigenvalue weighted by Crippen LogP contribution is -2.11. The van der Waals surface area contributed by atoms with E-state index in [1.165, 1.54) is 25.7 Å². The standard InChI is InChI=1S/C21H34O5/c1-5-9-10-11-12-13-14-25-19-17(8-4)15(6-2)16(7-3)18(22)20(19)26-21(23)24/h22H,5-14H2,1-4H3,(H,23,24). The van der Waals surface area contributed by atoms with Crippen LogP contribution < -0.4 is 9.47 Å². The van der Waals surface area contributed by atoms with E-state index in [4.69, 9.17) is 14.6 Å². The highest BCUT2D eigenvalue weighted by atomic mass is 16.7. The van der Waals surface area contributed by atoms with Crippen LogP contribution in [0.2, 0.25) is 0 Å². The van der Waals surface area contributed by atoms with Crippen LogP contribution in [-0.2, 0) is 19.3 Å². The molecule has 0 bridgehead atoms. The fourth-order valence-corrected chi connectivity index (χ4v) is 3.42. The second-order valence-corrected chi connectivity index (χ2v) is 6.49. The summed E-state index contributed by atoms with van der Waals surface area (Å²) >= 11 is 0. The summed E-state index contributed by atoms with van der Waals surface area (Å²) in [7, 11) is 0. The lowest BCUT2D eigenvalue weighted by atomic mass is 9.93. The normalized spacial score (nSPS) is 10.8. The first kappa shape index (κ1) is 22.1. The molecule has 1 rings (SSSR count). The van der Waals surface area contributed by atoms with Gasteiger partial charge in [0.15, 0.2) is 11.5 Å². The molecule has 0 radical (unpaired) electrons. The van der Waals surface area contributed by atoms with Gasteiger partial charge in [0, 0.05) is 11.1 Å². The summed E-state index contributed by atoms with van der Waals surface area (Å²) in [6.07, 6.45) is 7.46. The van der Waals surface area contributed by atoms with Gasteiger partial charge in [-0.1, -0.05) is 59.8 Å². The van der Waals surface area contributed by atoms with Crippen LogP contribution >= 0.6 is 0 Å². The Morgan fingerprint density at radius 2 is 1.38 bits per heavy atom. The van der Waals surface area contributed by atoms with E-state index in [2.05, 4.69) is 6.92 Å². The van der Waals surface area contributed by atoms with Gasteiger partial charge in [-0.15, -0.1) is 0 Å². The molecule has 5 nitrogen and oxygen atoms in total. The van der Waals surface area contributed by atoms with E-state index in [-0.39, 0.29) is 11.5 Å². The van der Waals surface area contributed by atoms with Crippen LogP contribution in [-0.4, -0.2) is 23.0 Å². The van der Waals surface area contributed by atoms with Crippen molar-refractivity contribution in [3.8, 4) is 17.2 Å². The van der Waals surface area contributed by atoms with Crippen molar-refractivity contribution in [3.05, 3.63) is 16.7 Å². The third-order valence-electron chi connectivity index (χ3n) is 4.70. The lowest BCUT2D eigenvalue weighted by molar-refractivity contribution is 0.140. The van der Waals surface area contributed by atoms with Crippen molar-refractivity contribution in [2.24, 2.45) is 0 Å². The van der Waals surface area contributed by atoms with Gasteiger partial charge in [0.05, 0.1) is 6.61 Å². The van der Waals surface area contributed by atoms with Crippen LogP contribution in [0.3, 0.4) is 0 Å². The molecule has 0 heterocycles. The van der Waals surface area contributed by atoms with Gasteiger partial charge in [0.2, 0.25) is 5.75 Å². The van der Waals surface area contributed by atoms with Crippen molar-refractivity contribution >= 4 is 6.16 Å². The maximum Gasteiger partial charge on any atom is 0.511 e. The molecule has 0 aliphatic rings. The van der Waals surface area contributed by atoms with Crippen molar-refractivity contribution in [1.82, 2.24) is 0 Å². The molecule has 1 aromatic carbocycles. The molecular formula is C21H34O5. The third kappa shape index (κ3) is 5.82. The number of carbonyl (C=O) groups is 1. The summed E-state index contributed by atoms with van der Waals surface area (Å²) in [5.74, 6) is 0.214. The van der Waals surface area contributed by atoms with Crippen molar-refractivity contribution in [2.45, 2.75) is 85.5 Å². The highest BCUT2D eigenvalue weighted by Gasteiger charge is 2.25. The molecule has 148 valence electrons. The molecule has 2 N–H and O–H groups in total. The Morgan fingerprint density at radius 1 is 0.808 bits per heavy atom. The minimum atomic E-state index is -1.45. The molecular weight excluding hydrogens is 332 g/mol. The van der Waals surface area contributed by atoms with Gasteiger partial charge in [-0.05, 0) is 31.2 Å². The number of ether oxygens (including phenoxy) is 2. The highest BCUT2D eigenvalue weighted by Crippen LogP contribution is 2.46. The van der Waals surface area contributed by atoms with Gasteiger partial charge in [-0.25, -0.2) is 4.79 Å². The van der Waals surface area contributed by atoms with Crippen molar-refractivity contribution in [2.75, 3.05) is 6.61 Å². The summed E-state index contributed by atoms with van der Waals surface area (Å²) in [6.45, 7) is 8.66. The maximum absolute atomic E-state index is 11.1. The molecule has 0 saturated heterocycles. The zero-order valence-electron chi connectivity index (χ0n) is 16.7. The van der Waals surface area contributed by atoms with E-state index < -0.39 is 6.16 Å². The summed E-state index contributed by atoms with van der Waals surface area (Å²) in [6, 6.07) is 0. The molecule has 0 atom stereocenters. The molecule has 0 saturated carbocycles. The molecule has 1 aromatic rings. The van der Waals surface area contributed by atoms with E-state index in [9.17, 15) is 9.90 Å². The number of hydrogen-bond acceptors (Lipinski definition) is 4. The molecule has 0 fully saturated rings. The Labute approximate surface area is 157 Å². The first-order valence-corrected chi connectivity index (χ1v) is 9.94. The minimum Gasteiger partial charge on any atom is -0.504 e. The first-order chi connectivity index (χ1) is 12.5. The number of rotatable bonds is 12. The Balaban J connectivity index is 3.05. The van der Waals surface area contributed by atoms with Gasteiger partial charge in [-0.2, -0.15) is 0 Å². The fourth-order valence-electron chi connectivity index (χ4n) is 3.42. The van der Waals surface area contributed by atoms with Crippen molar-refractivity contribution in [1.29, 1.82) is 0 Å². The van der Waals surface area contributed by atoms with Crippen molar-refractivity contribution < 1.29 is 24.5 Å². The van der Waals surface area contributed by atoms with Crippen LogP contribution in [0.25, 0.3) is 0 Å². The Morgan fingerprint density at radius 3 is 1.92 bits per heavy atom. The van der Waals surface area contributed by atoms with Crippen LogP contribution in [0.15, 0.2) is 0 Å². The second-order valence-electron chi connectivity index (χ2n) is 6.49. The summed E-state index contributed by atoms with van der Waals surface area (Å²) in [5.41, 5.74) is 2.71. The molecule has 5 heteroatoms. The number of hydrogen-bond donors (Lipinski definition) is 2. The number of aromatic hydroxyl groups is 1. The number of benzene rings is 1. The summed E-state index contributed by atoms with van der Waals surface area (Å²) in [4.78, 5) is 11.1. The number of unbranched alkanes of at least 4 members (excludes halogenated alkanes) is 5. The molecule has 0 aliphatic carbocycles. The predicted molar refractivity (Wildman–Crippen MR) is 104 cm³/mol. The Bertz CT molecular complexity index is 580. The average molecular weight is 366 g/mol. The van der Waals surface area contributed by atoms with E-state index in [1.54, 1.807) is 0 Å². The lowest BCUT2D eigenvalue weighted by Gasteiger charge is -2.21. The van der Waals surface area contributed by atoms with Crippen LogP contribution in [0.5, 0.6) is 17.2 Å². The molecule has 0 amide bonds. The zero-order valence-corrected chi connectivity index (χ0v) is 16.7. The number of phenolic OH excluding ortho intramolecular Hbond substituents is 1. The van der Waals surface area contributed by atoms with Gasteiger partial charge in [0.1, 0.15) is 0 Å². The van der Waals surface area contributed by atoms with Gasteiger partial charge >= 0.3 is 6.16 Å². The number of carboxylic acid groups (broad SMARTS) is 1.